The van der Waals surface area contributed by atoms with Gasteiger partial charge in [0.1, 0.15) is 0 Å². The van der Waals surface area contributed by atoms with Gasteiger partial charge in [-0.3, -0.25) is 4.98 Å². The minimum Gasteiger partial charge on any atom is -0.396 e. The molecule has 1 aliphatic rings. The van der Waals surface area contributed by atoms with Crippen molar-refractivity contribution in [2.24, 2.45) is 0 Å². The minimum atomic E-state index is -0.313. The number of pyridine rings is 1. The van der Waals surface area contributed by atoms with Crippen LogP contribution in [0, 0.1) is 5.82 Å². The number of rotatable bonds is 1. The fraction of sp³-hybridized carbons (Fsp3) is 0.500. The first-order valence-corrected chi connectivity index (χ1v) is 4.93. The Morgan fingerprint density at radius 3 is 2.57 bits per heavy atom. The van der Waals surface area contributed by atoms with Gasteiger partial charge in [0.15, 0.2) is 5.82 Å². The van der Waals surface area contributed by atoms with E-state index in [4.69, 9.17) is 5.73 Å². The van der Waals surface area contributed by atoms with E-state index in [1.807, 2.05) is 4.90 Å². The highest BCUT2D eigenvalue weighted by molar-refractivity contribution is 5.66. The third-order valence-corrected chi connectivity index (χ3v) is 2.57. The number of halogens is 1. The van der Waals surface area contributed by atoms with Crippen LogP contribution < -0.4 is 10.6 Å². The lowest BCUT2D eigenvalue weighted by atomic mass is 10.1. The number of nitrogens with zero attached hydrogens (tertiary/aromatic N) is 2. The molecular weight excluding hydrogens is 181 g/mol. The van der Waals surface area contributed by atoms with Gasteiger partial charge in [-0.25, -0.2) is 4.39 Å². The molecule has 0 unspecified atom stereocenters. The molecular formula is C10H14FN3. The topological polar surface area (TPSA) is 42.1 Å². The van der Waals surface area contributed by atoms with Gasteiger partial charge in [0.25, 0.3) is 0 Å². The SMILES string of the molecule is Nc1cncc(F)c1N1CCCCC1. The van der Waals surface area contributed by atoms with Gasteiger partial charge >= 0.3 is 0 Å². The van der Waals surface area contributed by atoms with E-state index in [9.17, 15) is 4.39 Å². The molecule has 0 saturated carbocycles. The van der Waals surface area contributed by atoms with E-state index in [2.05, 4.69) is 4.98 Å². The van der Waals surface area contributed by atoms with Gasteiger partial charge in [-0.2, -0.15) is 0 Å². The van der Waals surface area contributed by atoms with Crippen molar-refractivity contribution >= 4 is 11.4 Å². The molecule has 1 saturated heterocycles. The summed E-state index contributed by atoms with van der Waals surface area (Å²) in [4.78, 5) is 5.72. The smallest absolute Gasteiger partial charge is 0.166 e. The second-order valence-electron chi connectivity index (χ2n) is 3.61. The molecule has 14 heavy (non-hydrogen) atoms. The third-order valence-electron chi connectivity index (χ3n) is 2.57. The zero-order valence-electron chi connectivity index (χ0n) is 8.04. The molecule has 0 radical (unpaired) electrons. The number of aromatic nitrogens is 1. The maximum absolute atomic E-state index is 13.5. The lowest BCUT2D eigenvalue weighted by Gasteiger charge is -2.29. The summed E-state index contributed by atoms with van der Waals surface area (Å²) >= 11 is 0. The number of nitrogen functional groups attached to an aromatic ring is 1. The van der Waals surface area contributed by atoms with E-state index < -0.39 is 0 Å². The largest absolute Gasteiger partial charge is 0.396 e. The van der Waals surface area contributed by atoms with Crippen LogP contribution in [0.2, 0.25) is 0 Å². The number of piperidine rings is 1. The van der Waals surface area contributed by atoms with Gasteiger partial charge in [-0.15, -0.1) is 0 Å². The van der Waals surface area contributed by atoms with E-state index in [-0.39, 0.29) is 5.82 Å². The highest BCUT2D eigenvalue weighted by Crippen LogP contribution is 2.27. The Bertz CT molecular complexity index is 301. The van der Waals surface area contributed by atoms with Crippen molar-refractivity contribution in [3.63, 3.8) is 0 Å². The summed E-state index contributed by atoms with van der Waals surface area (Å²) in [5.41, 5.74) is 6.67. The van der Waals surface area contributed by atoms with Crippen LogP contribution in [-0.2, 0) is 0 Å². The lowest BCUT2D eigenvalue weighted by molar-refractivity contribution is 0.556. The quantitative estimate of drug-likeness (QED) is 0.742. The molecule has 76 valence electrons. The van der Waals surface area contributed by atoms with Crippen LogP contribution in [0.25, 0.3) is 0 Å². The summed E-state index contributed by atoms with van der Waals surface area (Å²) < 4.78 is 13.5. The number of hydrogen-bond acceptors (Lipinski definition) is 3. The van der Waals surface area contributed by atoms with Crippen LogP contribution in [0.4, 0.5) is 15.8 Å². The van der Waals surface area contributed by atoms with Crippen molar-refractivity contribution in [1.29, 1.82) is 0 Å². The Balaban J connectivity index is 2.29. The van der Waals surface area contributed by atoms with Gasteiger partial charge in [0.2, 0.25) is 0 Å². The van der Waals surface area contributed by atoms with Crippen molar-refractivity contribution in [3.05, 3.63) is 18.2 Å². The van der Waals surface area contributed by atoms with Gasteiger partial charge in [-0.1, -0.05) is 0 Å². The Morgan fingerprint density at radius 1 is 1.21 bits per heavy atom. The molecule has 1 aromatic heterocycles. The average Bonchev–Trinajstić information content (AvgIpc) is 2.19. The maximum Gasteiger partial charge on any atom is 0.166 e. The predicted molar refractivity (Wildman–Crippen MR) is 54.7 cm³/mol. The molecule has 0 amide bonds. The summed E-state index contributed by atoms with van der Waals surface area (Å²) in [5, 5.41) is 0. The first-order valence-electron chi connectivity index (χ1n) is 4.93. The van der Waals surface area contributed by atoms with Gasteiger partial charge in [0, 0.05) is 13.1 Å². The zero-order valence-corrected chi connectivity index (χ0v) is 8.04. The summed E-state index contributed by atoms with van der Waals surface area (Å²) in [7, 11) is 0. The van der Waals surface area contributed by atoms with Crippen molar-refractivity contribution in [3.8, 4) is 0 Å². The Labute approximate surface area is 82.7 Å². The Hall–Kier alpha value is -1.32. The van der Waals surface area contributed by atoms with Crippen molar-refractivity contribution in [1.82, 2.24) is 4.98 Å². The van der Waals surface area contributed by atoms with Gasteiger partial charge < -0.3 is 10.6 Å². The van der Waals surface area contributed by atoms with Crippen molar-refractivity contribution in [2.75, 3.05) is 23.7 Å². The van der Waals surface area contributed by atoms with Crippen LogP contribution in [-0.4, -0.2) is 18.1 Å². The molecule has 3 nitrogen and oxygen atoms in total. The highest BCUT2D eigenvalue weighted by atomic mass is 19.1. The Morgan fingerprint density at radius 2 is 1.93 bits per heavy atom. The van der Waals surface area contributed by atoms with Crippen LogP contribution in [0.1, 0.15) is 19.3 Å². The van der Waals surface area contributed by atoms with Crippen LogP contribution in [0.15, 0.2) is 12.4 Å². The van der Waals surface area contributed by atoms with Crippen LogP contribution in [0.3, 0.4) is 0 Å². The van der Waals surface area contributed by atoms with Crippen molar-refractivity contribution < 1.29 is 4.39 Å². The van der Waals surface area contributed by atoms with Crippen LogP contribution >= 0.6 is 0 Å². The van der Waals surface area contributed by atoms with E-state index in [0.29, 0.717) is 11.4 Å². The molecule has 2 heterocycles. The van der Waals surface area contributed by atoms with Crippen molar-refractivity contribution in [2.45, 2.75) is 19.3 Å². The molecule has 0 bridgehead atoms. The van der Waals surface area contributed by atoms with E-state index in [1.165, 1.54) is 18.8 Å². The van der Waals surface area contributed by atoms with Crippen LogP contribution in [0.5, 0.6) is 0 Å². The number of anilines is 2. The van der Waals surface area contributed by atoms with Gasteiger partial charge in [-0.05, 0) is 19.3 Å². The lowest BCUT2D eigenvalue weighted by Crippen LogP contribution is -2.30. The number of hydrogen-bond donors (Lipinski definition) is 1. The first kappa shape index (κ1) is 9.24. The number of nitrogens with two attached hydrogens (primary N) is 1. The fourth-order valence-electron chi connectivity index (χ4n) is 1.89. The molecule has 1 aliphatic heterocycles. The molecule has 0 spiro atoms. The summed E-state index contributed by atoms with van der Waals surface area (Å²) in [6.07, 6.45) is 6.18. The molecule has 1 aromatic rings. The molecule has 0 aliphatic carbocycles. The van der Waals surface area contributed by atoms with E-state index in [1.54, 1.807) is 0 Å². The molecule has 0 atom stereocenters. The first-order chi connectivity index (χ1) is 6.79. The summed E-state index contributed by atoms with van der Waals surface area (Å²) in [5.74, 6) is -0.313. The standard InChI is InChI=1S/C10H14FN3/c11-8-6-13-7-9(12)10(8)14-4-2-1-3-5-14/h6-7H,1-5,12H2. The Kier molecular flexibility index (Phi) is 2.52. The molecule has 4 heteroatoms. The predicted octanol–water partition coefficient (Wildman–Crippen LogP) is 1.79. The second kappa shape index (κ2) is 3.82. The normalized spacial score (nSPS) is 17.1. The zero-order chi connectivity index (χ0) is 9.97. The van der Waals surface area contributed by atoms with E-state index >= 15 is 0 Å². The van der Waals surface area contributed by atoms with E-state index in [0.717, 1.165) is 25.9 Å². The molecule has 1 fully saturated rings. The molecule has 2 N–H and O–H groups in total. The second-order valence-corrected chi connectivity index (χ2v) is 3.61. The highest BCUT2D eigenvalue weighted by Gasteiger charge is 2.17. The maximum atomic E-state index is 13.5. The fourth-order valence-corrected chi connectivity index (χ4v) is 1.89. The summed E-state index contributed by atoms with van der Waals surface area (Å²) in [6, 6.07) is 0. The monoisotopic (exact) mass is 195 g/mol. The summed E-state index contributed by atoms with van der Waals surface area (Å²) in [6.45, 7) is 1.79. The third kappa shape index (κ3) is 1.64. The minimum absolute atomic E-state index is 0.313. The van der Waals surface area contributed by atoms with Gasteiger partial charge in [0.05, 0.1) is 23.8 Å². The molecule has 0 aromatic carbocycles. The molecule has 2 rings (SSSR count). The average molecular weight is 195 g/mol.